The highest BCUT2D eigenvalue weighted by atomic mass is 16.7. The maximum atomic E-state index is 5.77. The predicted molar refractivity (Wildman–Crippen MR) is 101 cm³/mol. The summed E-state index contributed by atoms with van der Waals surface area (Å²) in [4.78, 5) is 4.49. The van der Waals surface area contributed by atoms with E-state index in [9.17, 15) is 0 Å². The average Bonchev–Trinajstić information content (AvgIpc) is 2.66. The molecule has 0 spiro atoms. The summed E-state index contributed by atoms with van der Waals surface area (Å²) in [5, 5.41) is 0. The van der Waals surface area contributed by atoms with Crippen molar-refractivity contribution >= 4 is 0 Å². The highest BCUT2D eigenvalue weighted by Gasteiger charge is 2.02. The van der Waals surface area contributed by atoms with Gasteiger partial charge in [0.05, 0.1) is 18.5 Å². The Balaban J connectivity index is 1.75. The molecule has 0 bridgehead atoms. The second-order valence-electron chi connectivity index (χ2n) is 6.07. The van der Waals surface area contributed by atoms with Gasteiger partial charge in [-0.2, -0.15) is 0 Å². The summed E-state index contributed by atoms with van der Waals surface area (Å²) in [7, 11) is 1.61. The largest absolute Gasteiger partial charge is 0.492 e. The van der Waals surface area contributed by atoms with Gasteiger partial charge in [0, 0.05) is 12.7 Å². The standard InChI is InChI=1S/C21H29NO3/c1-3-4-5-6-7-8-15-24-20-13-14-21(22-16-20)18-9-11-19(12-10-18)25-17-23-2/h9-14,16H,3-8,15,17H2,1-2H3. The number of pyridine rings is 1. The van der Waals surface area contributed by atoms with E-state index in [-0.39, 0.29) is 6.79 Å². The van der Waals surface area contributed by atoms with Crippen molar-refractivity contribution in [3.8, 4) is 22.8 Å². The van der Waals surface area contributed by atoms with E-state index in [1.807, 2.05) is 36.4 Å². The normalized spacial score (nSPS) is 10.6. The third kappa shape index (κ3) is 7.14. The number of nitrogens with zero attached hydrogens (tertiary/aromatic N) is 1. The van der Waals surface area contributed by atoms with Gasteiger partial charge in [-0.25, -0.2) is 0 Å². The second kappa shape index (κ2) is 11.5. The summed E-state index contributed by atoms with van der Waals surface area (Å²) in [6.07, 6.45) is 9.41. The van der Waals surface area contributed by atoms with E-state index in [1.165, 1.54) is 32.1 Å². The number of ether oxygens (including phenoxy) is 3. The van der Waals surface area contributed by atoms with E-state index in [1.54, 1.807) is 13.3 Å². The molecule has 0 amide bonds. The first-order valence-electron chi connectivity index (χ1n) is 9.14. The van der Waals surface area contributed by atoms with E-state index in [0.717, 1.165) is 35.8 Å². The lowest BCUT2D eigenvalue weighted by Gasteiger charge is -2.08. The zero-order valence-corrected chi connectivity index (χ0v) is 15.4. The minimum Gasteiger partial charge on any atom is -0.492 e. The molecule has 0 aliphatic carbocycles. The van der Waals surface area contributed by atoms with Crippen LogP contribution >= 0.6 is 0 Å². The van der Waals surface area contributed by atoms with Gasteiger partial charge < -0.3 is 14.2 Å². The van der Waals surface area contributed by atoms with Crippen LogP contribution in [0, 0.1) is 0 Å². The van der Waals surface area contributed by atoms with Crippen molar-refractivity contribution in [3.63, 3.8) is 0 Å². The summed E-state index contributed by atoms with van der Waals surface area (Å²) in [5.41, 5.74) is 1.97. The summed E-state index contributed by atoms with van der Waals surface area (Å²) in [5.74, 6) is 1.61. The van der Waals surface area contributed by atoms with Crippen LogP contribution < -0.4 is 9.47 Å². The Morgan fingerprint density at radius 3 is 2.20 bits per heavy atom. The molecule has 4 heteroatoms. The predicted octanol–water partition coefficient (Wildman–Crippen LogP) is 5.47. The minimum atomic E-state index is 0.252. The van der Waals surface area contributed by atoms with Crippen LogP contribution in [0.15, 0.2) is 42.6 Å². The highest BCUT2D eigenvalue weighted by molar-refractivity contribution is 5.60. The first-order chi connectivity index (χ1) is 12.3. The Kier molecular flexibility index (Phi) is 8.84. The number of unbranched alkanes of at least 4 members (excludes halogenated alkanes) is 5. The Hall–Kier alpha value is -2.07. The number of methoxy groups -OCH3 is 1. The van der Waals surface area contributed by atoms with Gasteiger partial charge in [0.15, 0.2) is 6.79 Å². The van der Waals surface area contributed by atoms with Crippen LogP contribution in [-0.4, -0.2) is 25.5 Å². The van der Waals surface area contributed by atoms with Crippen LogP contribution in [0.4, 0.5) is 0 Å². The van der Waals surface area contributed by atoms with Crippen molar-refractivity contribution < 1.29 is 14.2 Å². The third-order valence-electron chi connectivity index (χ3n) is 4.00. The quantitative estimate of drug-likeness (QED) is 0.378. The molecule has 0 unspecified atom stereocenters. The molecule has 0 saturated carbocycles. The molecule has 2 rings (SSSR count). The Labute approximate surface area is 151 Å². The van der Waals surface area contributed by atoms with Gasteiger partial charge in [-0.05, 0) is 42.8 Å². The lowest BCUT2D eigenvalue weighted by Crippen LogP contribution is -1.98. The van der Waals surface area contributed by atoms with E-state index < -0.39 is 0 Å². The number of hydrogen-bond acceptors (Lipinski definition) is 4. The lowest BCUT2D eigenvalue weighted by molar-refractivity contribution is 0.0511. The smallest absolute Gasteiger partial charge is 0.188 e. The number of hydrogen-bond donors (Lipinski definition) is 0. The molecular weight excluding hydrogens is 314 g/mol. The second-order valence-corrected chi connectivity index (χ2v) is 6.07. The van der Waals surface area contributed by atoms with Gasteiger partial charge in [-0.1, -0.05) is 39.0 Å². The fraction of sp³-hybridized carbons (Fsp3) is 0.476. The zero-order valence-electron chi connectivity index (χ0n) is 15.4. The first kappa shape index (κ1) is 19.3. The Morgan fingerprint density at radius 2 is 1.52 bits per heavy atom. The molecule has 4 nitrogen and oxygen atoms in total. The maximum absolute atomic E-state index is 5.77. The molecule has 0 atom stereocenters. The Bertz CT molecular complexity index is 581. The van der Waals surface area contributed by atoms with E-state index in [4.69, 9.17) is 14.2 Å². The maximum Gasteiger partial charge on any atom is 0.188 e. The van der Waals surface area contributed by atoms with Crippen LogP contribution in [0.25, 0.3) is 11.3 Å². The van der Waals surface area contributed by atoms with Crippen LogP contribution in [0.2, 0.25) is 0 Å². The number of rotatable bonds is 12. The average molecular weight is 343 g/mol. The van der Waals surface area contributed by atoms with Gasteiger partial charge in [-0.3, -0.25) is 4.98 Å². The van der Waals surface area contributed by atoms with Gasteiger partial charge in [-0.15, -0.1) is 0 Å². The number of benzene rings is 1. The van der Waals surface area contributed by atoms with Crippen molar-refractivity contribution in [2.24, 2.45) is 0 Å². The summed E-state index contributed by atoms with van der Waals surface area (Å²) in [6, 6.07) is 11.8. The summed E-state index contributed by atoms with van der Waals surface area (Å²) < 4.78 is 16.0. The molecule has 1 aromatic heterocycles. The van der Waals surface area contributed by atoms with Crippen molar-refractivity contribution in [2.75, 3.05) is 20.5 Å². The monoisotopic (exact) mass is 343 g/mol. The molecule has 0 aliphatic rings. The van der Waals surface area contributed by atoms with Gasteiger partial charge >= 0.3 is 0 Å². The van der Waals surface area contributed by atoms with E-state index in [2.05, 4.69) is 11.9 Å². The minimum absolute atomic E-state index is 0.252. The molecule has 0 saturated heterocycles. The molecule has 0 aliphatic heterocycles. The molecular formula is C21H29NO3. The highest BCUT2D eigenvalue weighted by Crippen LogP contribution is 2.22. The number of aromatic nitrogens is 1. The molecule has 0 N–H and O–H groups in total. The van der Waals surface area contributed by atoms with Crippen molar-refractivity contribution in [2.45, 2.75) is 45.4 Å². The Morgan fingerprint density at radius 1 is 0.800 bits per heavy atom. The molecule has 136 valence electrons. The zero-order chi connectivity index (χ0) is 17.7. The van der Waals surface area contributed by atoms with Crippen LogP contribution in [-0.2, 0) is 4.74 Å². The lowest BCUT2D eigenvalue weighted by atomic mass is 10.1. The fourth-order valence-electron chi connectivity index (χ4n) is 2.56. The summed E-state index contributed by atoms with van der Waals surface area (Å²) in [6.45, 7) is 3.25. The molecule has 25 heavy (non-hydrogen) atoms. The molecule has 2 aromatic rings. The SMILES string of the molecule is CCCCCCCCOc1ccc(-c2ccc(OCOC)cc2)nc1. The third-order valence-corrected chi connectivity index (χ3v) is 4.00. The van der Waals surface area contributed by atoms with Crippen molar-refractivity contribution in [3.05, 3.63) is 42.6 Å². The summed E-state index contributed by atoms with van der Waals surface area (Å²) >= 11 is 0. The van der Waals surface area contributed by atoms with Crippen molar-refractivity contribution in [1.82, 2.24) is 4.98 Å². The van der Waals surface area contributed by atoms with Gasteiger partial charge in [0.2, 0.25) is 0 Å². The van der Waals surface area contributed by atoms with Crippen LogP contribution in [0.3, 0.4) is 0 Å². The van der Waals surface area contributed by atoms with Crippen LogP contribution in [0.5, 0.6) is 11.5 Å². The topological polar surface area (TPSA) is 40.6 Å². The fourth-order valence-corrected chi connectivity index (χ4v) is 2.56. The van der Waals surface area contributed by atoms with Gasteiger partial charge in [0.25, 0.3) is 0 Å². The molecule has 1 aromatic carbocycles. The molecule has 1 heterocycles. The van der Waals surface area contributed by atoms with E-state index >= 15 is 0 Å². The van der Waals surface area contributed by atoms with Crippen LogP contribution in [0.1, 0.15) is 45.4 Å². The van der Waals surface area contributed by atoms with Crippen molar-refractivity contribution in [1.29, 1.82) is 0 Å². The molecule has 0 fully saturated rings. The molecule has 0 radical (unpaired) electrons. The first-order valence-corrected chi connectivity index (χ1v) is 9.14. The van der Waals surface area contributed by atoms with E-state index in [0.29, 0.717) is 0 Å². The van der Waals surface area contributed by atoms with Gasteiger partial charge in [0.1, 0.15) is 11.5 Å².